The number of carbonyl (C=O) groups is 3. The lowest BCUT2D eigenvalue weighted by molar-refractivity contribution is -0.193. The molecule has 0 saturated heterocycles. The first kappa shape index (κ1) is 64.5. The van der Waals surface area contributed by atoms with Crippen molar-refractivity contribution in [1.82, 2.24) is 15.1 Å². The van der Waals surface area contributed by atoms with Crippen LogP contribution in [-0.4, -0.2) is 112 Å². The summed E-state index contributed by atoms with van der Waals surface area (Å²) in [5.41, 5.74) is 3.82. The van der Waals surface area contributed by atoms with Crippen LogP contribution in [0, 0.1) is 6.92 Å². The van der Waals surface area contributed by atoms with E-state index in [0.717, 1.165) is 33.6 Å². The third-order valence-electron chi connectivity index (χ3n) is 8.65. The number of amides is 2. The van der Waals surface area contributed by atoms with Crippen LogP contribution >= 0.6 is 65.6 Å². The molecule has 24 heteroatoms. The Morgan fingerprint density at radius 1 is 1.04 bits per heavy atom. The van der Waals surface area contributed by atoms with E-state index < -0.39 is 37.0 Å². The molecule has 0 saturated carbocycles. The minimum atomic E-state index is -4.35. The zero-order chi connectivity index (χ0) is 53.7. The molecule has 1 aromatic heterocycles. The van der Waals surface area contributed by atoms with E-state index in [-0.39, 0.29) is 47.0 Å². The molecule has 0 fully saturated rings. The topological polar surface area (TPSA) is 226 Å². The summed E-state index contributed by atoms with van der Waals surface area (Å²) in [6.45, 7) is 18.1. The number of benzene rings is 3. The lowest BCUT2D eigenvalue weighted by Crippen LogP contribution is -2.47. The predicted molar refractivity (Wildman–Crippen MR) is 282 cm³/mol. The van der Waals surface area contributed by atoms with Crippen LogP contribution in [0.5, 0.6) is 11.5 Å². The summed E-state index contributed by atoms with van der Waals surface area (Å²) in [6.07, 6.45) is 6.68. The number of fused-ring (bicyclic) bond motifs is 1. The van der Waals surface area contributed by atoms with Gasteiger partial charge in [0.1, 0.15) is 38.3 Å². The van der Waals surface area contributed by atoms with Gasteiger partial charge in [-0.25, -0.2) is 4.79 Å². The van der Waals surface area contributed by atoms with Crippen LogP contribution in [0.15, 0.2) is 63.8 Å². The molecule has 2 heterocycles. The van der Waals surface area contributed by atoms with E-state index in [4.69, 9.17) is 86.6 Å². The summed E-state index contributed by atoms with van der Waals surface area (Å²) in [5.74, 6) is -0.815. The second-order valence-corrected chi connectivity index (χ2v) is 22.9. The Morgan fingerprint density at radius 2 is 1.66 bits per heavy atom. The van der Waals surface area contributed by atoms with Crippen LogP contribution in [0.2, 0.25) is 10.0 Å². The lowest BCUT2D eigenvalue weighted by Gasteiger charge is -2.35. The first-order valence-corrected chi connectivity index (χ1v) is 27.9. The zero-order valence-electron chi connectivity index (χ0n) is 41.4. The summed E-state index contributed by atoms with van der Waals surface area (Å²) < 4.78 is 32.8. The third kappa shape index (κ3) is 22.5. The molecule has 392 valence electrons. The van der Waals surface area contributed by atoms with Crippen LogP contribution < -0.4 is 35.2 Å². The van der Waals surface area contributed by atoms with Crippen LogP contribution in [0.25, 0.3) is 5.69 Å². The Hall–Kier alpha value is -3.52. The monoisotopic (exact) mass is 1120 g/mol. The molecule has 1 aliphatic rings. The van der Waals surface area contributed by atoms with Gasteiger partial charge in [-0.05, 0) is 81.3 Å². The Bertz CT molecular complexity index is 2390. The molecule has 0 aliphatic carbocycles. The number of carboxylic acid groups (broad SMARTS) is 1. The van der Waals surface area contributed by atoms with Gasteiger partial charge in [0.15, 0.2) is 4.84 Å². The second-order valence-electron chi connectivity index (χ2n) is 16.7. The number of carboxylic acids is 1. The van der Waals surface area contributed by atoms with Crippen molar-refractivity contribution in [2.75, 3.05) is 67.2 Å². The zero-order valence-corrected chi connectivity index (χ0v) is 46.9. The molecule has 0 bridgehead atoms. The first-order valence-electron chi connectivity index (χ1n) is 21.6. The minimum Gasteiger partial charge on any atom is -0.778 e. The standard InChI is InChI=1S/C15H18Cl2N2O3.C14H20ClNO2.C11H11Cl2NO2.C3H8NO5P.C3H9S/c1-8(2)21-12-7-11(9(16)6-10(12)17)19-14(20)22-13(18-19)15(3,4)5;1-4-12-8-6-7-11(3)14(12)16(10-18-5-2)13(17)9-15;1-7-6-16-9-5-3-2-4-8(9)14(7)11(15)10(12)13;5-3(6)1-4-2-10(7,8)9;1-4(2)3/h6-8H,1-5H3;6-8H,4-5,9-10H2,1-3H3;2-5,7,10H,6H2,1H3;4H,1-2H2,(H,5,6)(H2,7,8,9);1-3H3/q;;;;+1/p-1. The van der Waals surface area contributed by atoms with Crippen molar-refractivity contribution in [2.45, 2.75) is 91.1 Å². The molecule has 3 aromatic carbocycles. The largest absolute Gasteiger partial charge is 0.778 e. The number of hydrogen-bond donors (Lipinski definition) is 3. The van der Waals surface area contributed by atoms with Gasteiger partial charge in [0.05, 0.1) is 70.9 Å². The maximum atomic E-state index is 12.1. The van der Waals surface area contributed by atoms with E-state index in [1.807, 2.05) is 103 Å². The van der Waals surface area contributed by atoms with Gasteiger partial charge >= 0.3 is 11.7 Å². The van der Waals surface area contributed by atoms with E-state index in [2.05, 4.69) is 30.8 Å². The van der Waals surface area contributed by atoms with Gasteiger partial charge in [-0.3, -0.25) is 24.6 Å². The van der Waals surface area contributed by atoms with Crippen LogP contribution in [0.4, 0.5) is 11.4 Å². The number of aliphatic carboxylic acids is 1. The average molecular weight is 1120 g/mol. The van der Waals surface area contributed by atoms with Gasteiger partial charge in [0.2, 0.25) is 11.8 Å². The number of halogens is 5. The van der Waals surface area contributed by atoms with Crippen LogP contribution in [-0.2, 0) is 46.4 Å². The fourth-order valence-corrected chi connectivity index (χ4v) is 6.97. The number of aryl methyl sites for hydroxylation is 2. The number of aromatic nitrogens is 2. The molecule has 2 atom stereocenters. The van der Waals surface area contributed by atoms with Crippen molar-refractivity contribution < 1.29 is 52.5 Å². The maximum absolute atomic E-state index is 12.1. The Labute approximate surface area is 438 Å². The lowest BCUT2D eigenvalue weighted by atomic mass is 9.97. The van der Waals surface area contributed by atoms with Crippen molar-refractivity contribution in [3.8, 4) is 17.2 Å². The number of anilines is 2. The van der Waals surface area contributed by atoms with Gasteiger partial charge in [-0.1, -0.05) is 104 Å². The van der Waals surface area contributed by atoms with Gasteiger partial charge in [0.25, 0.3) is 5.91 Å². The predicted octanol–water partition coefficient (Wildman–Crippen LogP) is 8.60. The molecule has 2 unspecified atom stereocenters. The normalized spacial score (nSPS) is 13.7. The summed E-state index contributed by atoms with van der Waals surface area (Å²) in [4.78, 5) is 65.8. The highest BCUT2D eigenvalue weighted by Crippen LogP contribution is 2.36. The highest BCUT2D eigenvalue weighted by molar-refractivity contribution is 7.94. The second kappa shape index (κ2) is 31.2. The Balaban J connectivity index is 0.000000467. The maximum Gasteiger partial charge on any atom is 0.442 e. The summed E-state index contributed by atoms with van der Waals surface area (Å²) in [6, 6.07) is 16.4. The first-order chi connectivity index (χ1) is 32.5. The molecule has 0 spiro atoms. The molecule has 1 aliphatic heterocycles. The fraction of sp³-hybridized carbons (Fsp3) is 0.500. The Morgan fingerprint density at radius 3 is 2.16 bits per heavy atom. The van der Waals surface area contributed by atoms with E-state index in [1.165, 1.54) is 6.07 Å². The molecule has 5 rings (SSSR count). The van der Waals surface area contributed by atoms with Crippen LogP contribution in [0.1, 0.15) is 72.4 Å². The summed E-state index contributed by atoms with van der Waals surface area (Å²) in [5, 5.41) is 14.8. The number of para-hydroxylation sites is 3. The van der Waals surface area contributed by atoms with Crippen LogP contribution in [0.3, 0.4) is 0 Å². The van der Waals surface area contributed by atoms with Gasteiger partial charge in [-0.15, -0.1) is 16.7 Å². The SMILES string of the molecule is CC(C)Oc1cc(-n2nc(C(C)(C)C)oc2=O)c(Cl)cc1Cl.CC1COc2ccccc2N1C(=O)C(Cl)Cl.CCOCN(C(=O)CCl)c1c(C)cccc1CC.C[S+](C)C.O=C(O)CNCP(=O)([O-])O. The number of hydrogen-bond acceptors (Lipinski definition) is 12. The van der Waals surface area contributed by atoms with Gasteiger partial charge in [0, 0.05) is 18.1 Å². The van der Waals surface area contributed by atoms with E-state index >= 15 is 0 Å². The molecule has 70 heavy (non-hydrogen) atoms. The number of nitrogens with zero attached hydrogens (tertiary/aromatic N) is 4. The van der Waals surface area contributed by atoms with Gasteiger partial charge < -0.3 is 43.0 Å². The summed E-state index contributed by atoms with van der Waals surface area (Å²) >= 11 is 29.2. The quantitative estimate of drug-likeness (QED) is 0.0465. The number of ether oxygens (including phenoxy) is 3. The van der Waals surface area contributed by atoms with Crippen molar-refractivity contribution in [3.63, 3.8) is 0 Å². The molecule has 3 N–H and O–H groups in total. The number of nitrogens with one attached hydrogen (secondary N) is 1. The number of alkyl halides is 3. The number of rotatable bonds is 14. The molecule has 0 radical (unpaired) electrons. The molecule has 2 amide bonds. The number of carbonyl (C=O) groups excluding carboxylic acids is 2. The molecule has 17 nitrogen and oxygen atoms in total. The third-order valence-corrected chi connectivity index (χ3v) is 10.5. The van der Waals surface area contributed by atoms with Crippen molar-refractivity contribution in [1.29, 1.82) is 0 Å². The highest BCUT2D eigenvalue weighted by Gasteiger charge is 2.32. The van der Waals surface area contributed by atoms with Crippen molar-refractivity contribution >= 4 is 106 Å². The van der Waals surface area contributed by atoms with E-state index in [9.17, 15) is 28.6 Å². The van der Waals surface area contributed by atoms with Gasteiger partial charge in [-0.2, -0.15) is 4.68 Å². The molecule has 4 aromatic rings. The van der Waals surface area contributed by atoms with Crippen molar-refractivity contribution in [3.05, 3.63) is 92.2 Å². The van der Waals surface area contributed by atoms with Crippen molar-refractivity contribution in [2.24, 2.45) is 0 Å². The smallest absolute Gasteiger partial charge is 0.442 e. The highest BCUT2D eigenvalue weighted by atomic mass is 35.5. The summed E-state index contributed by atoms with van der Waals surface area (Å²) in [7, 11) is -3.71. The van der Waals surface area contributed by atoms with E-state index in [1.54, 1.807) is 15.9 Å². The fourth-order valence-electron chi connectivity index (χ4n) is 5.71. The molecular formula is C46H65Cl5N5O12PS. The Kier molecular flexibility index (Phi) is 28.7. The van der Waals surface area contributed by atoms with E-state index in [0.29, 0.717) is 52.2 Å². The molecular weight excluding hydrogens is 1050 g/mol. The average Bonchev–Trinajstić information content (AvgIpc) is 3.66. The minimum absolute atomic E-state index is 0.0371.